The van der Waals surface area contributed by atoms with Gasteiger partial charge in [0.1, 0.15) is 5.75 Å². The van der Waals surface area contributed by atoms with Gasteiger partial charge in [-0.25, -0.2) is 9.78 Å². The van der Waals surface area contributed by atoms with E-state index in [4.69, 9.17) is 9.15 Å². The highest BCUT2D eigenvalue weighted by Gasteiger charge is 2.09. The van der Waals surface area contributed by atoms with Gasteiger partial charge in [0.15, 0.2) is 11.2 Å². The second-order valence-electron chi connectivity index (χ2n) is 5.17. The monoisotopic (exact) mass is 298 g/mol. The maximum atomic E-state index is 11.8. The molecule has 0 fully saturated rings. The Morgan fingerprint density at radius 3 is 2.91 bits per heavy atom. The molecule has 0 aliphatic heterocycles. The largest absolute Gasteiger partial charge is 0.493 e. The normalized spacial score (nSPS) is 11.0. The fourth-order valence-corrected chi connectivity index (χ4v) is 2.37. The molecule has 0 bridgehead atoms. The van der Waals surface area contributed by atoms with Crippen LogP contribution >= 0.6 is 0 Å². The van der Waals surface area contributed by atoms with Crippen LogP contribution in [0.2, 0.25) is 0 Å². The van der Waals surface area contributed by atoms with Crippen LogP contribution in [0, 0.1) is 6.92 Å². The molecule has 5 nitrogen and oxygen atoms in total. The number of pyridine rings is 1. The topological polar surface area (TPSA) is 57.3 Å². The van der Waals surface area contributed by atoms with Gasteiger partial charge in [-0.2, -0.15) is 0 Å². The molecule has 0 saturated heterocycles. The molecule has 0 aliphatic rings. The van der Waals surface area contributed by atoms with E-state index in [0.717, 1.165) is 24.2 Å². The molecule has 0 saturated carbocycles. The summed E-state index contributed by atoms with van der Waals surface area (Å²) in [6.07, 6.45) is 3.35. The summed E-state index contributed by atoms with van der Waals surface area (Å²) in [5.41, 5.74) is 2.26. The van der Waals surface area contributed by atoms with Crippen LogP contribution in [0.15, 0.2) is 51.8 Å². The second-order valence-corrected chi connectivity index (χ2v) is 5.17. The smallest absolute Gasteiger partial charge is 0.421 e. The lowest BCUT2D eigenvalue weighted by Gasteiger charge is -2.08. The summed E-state index contributed by atoms with van der Waals surface area (Å²) in [5.74, 6) is 0.559. The van der Waals surface area contributed by atoms with Gasteiger partial charge in [0.05, 0.1) is 6.61 Å². The third kappa shape index (κ3) is 3.03. The zero-order valence-corrected chi connectivity index (χ0v) is 12.5. The molecule has 114 valence electrons. The van der Waals surface area contributed by atoms with Crippen LogP contribution in [0.3, 0.4) is 0 Å². The number of rotatable bonds is 6. The van der Waals surface area contributed by atoms with E-state index < -0.39 is 0 Å². The van der Waals surface area contributed by atoms with Crippen LogP contribution in [-0.2, 0) is 6.54 Å². The van der Waals surface area contributed by atoms with Gasteiger partial charge in [0.2, 0.25) is 0 Å². The summed E-state index contributed by atoms with van der Waals surface area (Å²) in [6, 6.07) is 11.5. The molecule has 0 N–H and O–H groups in total. The van der Waals surface area contributed by atoms with Crippen LogP contribution in [0.25, 0.3) is 11.2 Å². The van der Waals surface area contributed by atoms with Crippen molar-refractivity contribution >= 4 is 11.2 Å². The van der Waals surface area contributed by atoms with E-state index in [0.29, 0.717) is 24.4 Å². The van der Waals surface area contributed by atoms with Gasteiger partial charge in [-0.3, -0.25) is 4.57 Å². The molecule has 0 aliphatic carbocycles. The maximum Gasteiger partial charge on any atom is 0.421 e. The summed E-state index contributed by atoms with van der Waals surface area (Å²) in [6.45, 7) is 3.24. The summed E-state index contributed by atoms with van der Waals surface area (Å²) < 4.78 is 12.5. The Morgan fingerprint density at radius 1 is 1.18 bits per heavy atom. The Labute approximate surface area is 128 Å². The number of ether oxygens (including phenoxy) is 1. The van der Waals surface area contributed by atoms with Crippen molar-refractivity contribution < 1.29 is 9.15 Å². The highest BCUT2D eigenvalue weighted by Crippen LogP contribution is 2.16. The summed E-state index contributed by atoms with van der Waals surface area (Å²) in [7, 11) is 0. The number of para-hydroxylation sites is 1. The van der Waals surface area contributed by atoms with Crippen molar-refractivity contribution in [2.45, 2.75) is 26.3 Å². The fraction of sp³-hybridized carbons (Fsp3) is 0.294. The Hall–Kier alpha value is -2.56. The van der Waals surface area contributed by atoms with Crippen molar-refractivity contribution in [2.24, 2.45) is 0 Å². The predicted molar refractivity (Wildman–Crippen MR) is 84.2 cm³/mol. The van der Waals surface area contributed by atoms with Crippen molar-refractivity contribution in [2.75, 3.05) is 6.61 Å². The van der Waals surface area contributed by atoms with Crippen LogP contribution in [0.4, 0.5) is 0 Å². The van der Waals surface area contributed by atoms with Gasteiger partial charge in [-0.1, -0.05) is 18.2 Å². The van der Waals surface area contributed by atoms with Gasteiger partial charge in [0.25, 0.3) is 0 Å². The summed E-state index contributed by atoms with van der Waals surface area (Å²) >= 11 is 0. The van der Waals surface area contributed by atoms with Gasteiger partial charge >= 0.3 is 5.76 Å². The molecule has 22 heavy (non-hydrogen) atoms. The van der Waals surface area contributed by atoms with Gasteiger partial charge < -0.3 is 9.15 Å². The van der Waals surface area contributed by atoms with Crippen molar-refractivity contribution in [1.29, 1.82) is 0 Å². The lowest BCUT2D eigenvalue weighted by molar-refractivity contribution is 0.300. The lowest BCUT2D eigenvalue weighted by Crippen LogP contribution is -2.15. The maximum absolute atomic E-state index is 11.8. The summed E-state index contributed by atoms with van der Waals surface area (Å²) in [4.78, 5) is 16.0. The molecule has 0 spiro atoms. The number of fused-ring (bicyclic) bond motifs is 1. The van der Waals surface area contributed by atoms with Crippen molar-refractivity contribution in [3.63, 3.8) is 0 Å². The predicted octanol–water partition coefficient (Wildman–Crippen LogP) is 3.16. The highest BCUT2D eigenvalue weighted by molar-refractivity contribution is 5.67. The van der Waals surface area contributed by atoms with E-state index in [9.17, 15) is 4.79 Å². The minimum Gasteiger partial charge on any atom is -0.493 e. The van der Waals surface area contributed by atoms with Gasteiger partial charge in [0, 0.05) is 12.7 Å². The molecule has 1 aromatic carbocycles. The molecule has 0 amide bonds. The number of aryl methyl sites for hydroxylation is 2. The third-order valence-corrected chi connectivity index (χ3v) is 3.55. The van der Waals surface area contributed by atoms with Crippen LogP contribution in [-0.4, -0.2) is 16.2 Å². The molecule has 0 unspecified atom stereocenters. The first-order valence-electron chi connectivity index (χ1n) is 7.38. The first-order chi connectivity index (χ1) is 10.8. The lowest BCUT2D eigenvalue weighted by atomic mass is 10.2. The molecular formula is C17H18N2O3. The molecule has 3 aromatic rings. The number of oxazole rings is 1. The average molecular weight is 298 g/mol. The Morgan fingerprint density at radius 2 is 2.05 bits per heavy atom. The summed E-state index contributed by atoms with van der Waals surface area (Å²) in [5, 5.41) is 0. The highest BCUT2D eigenvalue weighted by atomic mass is 16.5. The fourth-order valence-electron chi connectivity index (χ4n) is 2.37. The minimum absolute atomic E-state index is 0.353. The van der Waals surface area contributed by atoms with E-state index in [-0.39, 0.29) is 5.76 Å². The quantitative estimate of drug-likeness (QED) is 0.656. The van der Waals surface area contributed by atoms with E-state index in [1.54, 1.807) is 22.9 Å². The zero-order valence-electron chi connectivity index (χ0n) is 12.5. The van der Waals surface area contributed by atoms with Crippen LogP contribution in [0.1, 0.15) is 18.4 Å². The van der Waals surface area contributed by atoms with E-state index >= 15 is 0 Å². The molecule has 5 heteroatoms. The number of benzene rings is 1. The SMILES string of the molecule is Cc1ccccc1OCCCCn1c(=O)oc2cccnc21. The van der Waals surface area contributed by atoms with E-state index in [1.165, 1.54) is 0 Å². The number of aromatic nitrogens is 2. The molecule has 2 heterocycles. The van der Waals surface area contributed by atoms with Crippen molar-refractivity contribution in [3.05, 3.63) is 58.7 Å². The minimum atomic E-state index is -0.353. The molecule has 0 atom stereocenters. The third-order valence-electron chi connectivity index (χ3n) is 3.55. The number of hydrogen-bond acceptors (Lipinski definition) is 4. The first kappa shape index (κ1) is 14.4. The van der Waals surface area contributed by atoms with Gasteiger partial charge in [-0.05, 0) is 43.5 Å². The van der Waals surface area contributed by atoms with Gasteiger partial charge in [-0.15, -0.1) is 0 Å². The molecular weight excluding hydrogens is 280 g/mol. The van der Waals surface area contributed by atoms with Crippen molar-refractivity contribution in [3.8, 4) is 5.75 Å². The molecule has 0 radical (unpaired) electrons. The zero-order chi connectivity index (χ0) is 15.4. The molecule has 2 aromatic heterocycles. The van der Waals surface area contributed by atoms with Crippen molar-refractivity contribution in [1.82, 2.24) is 9.55 Å². The number of unbranched alkanes of at least 4 members (excludes halogenated alkanes) is 1. The van der Waals surface area contributed by atoms with E-state index in [2.05, 4.69) is 4.98 Å². The second kappa shape index (κ2) is 6.47. The Bertz CT molecular complexity index is 820. The van der Waals surface area contributed by atoms with E-state index in [1.807, 2.05) is 31.2 Å². The average Bonchev–Trinajstić information content (AvgIpc) is 2.84. The van der Waals surface area contributed by atoms with Crippen LogP contribution in [0.5, 0.6) is 5.75 Å². The first-order valence-corrected chi connectivity index (χ1v) is 7.38. The standard InChI is InChI=1S/C17H18N2O3/c1-13-7-2-3-8-14(13)21-12-5-4-11-19-16-15(22-17(19)20)9-6-10-18-16/h2-3,6-10H,4-5,11-12H2,1H3. The Balaban J connectivity index is 1.54. The molecule has 3 rings (SSSR count). The Kier molecular flexibility index (Phi) is 4.23. The number of nitrogens with zero attached hydrogens (tertiary/aromatic N) is 2. The number of hydrogen-bond donors (Lipinski definition) is 0. The van der Waals surface area contributed by atoms with Crippen LogP contribution < -0.4 is 10.5 Å².